The maximum atomic E-state index is 2.34. The number of benzene rings is 3. The van der Waals surface area contributed by atoms with Crippen LogP contribution < -0.4 is 0 Å². The lowest BCUT2D eigenvalue weighted by molar-refractivity contribution is 1.38. The van der Waals surface area contributed by atoms with Crippen LogP contribution in [0.1, 0.15) is 11.1 Å². The van der Waals surface area contributed by atoms with Crippen LogP contribution in [0.5, 0.6) is 0 Å². The fourth-order valence-corrected chi connectivity index (χ4v) is 3.15. The zero-order valence-electron chi connectivity index (χ0n) is 10.6. The van der Waals surface area contributed by atoms with Crippen LogP contribution in [0.15, 0.2) is 48.5 Å². The molecule has 1 aliphatic rings. The molecular formula is C18H14. The van der Waals surface area contributed by atoms with Crippen LogP contribution in [0.2, 0.25) is 0 Å². The molecule has 0 aromatic heterocycles. The van der Waals surface area contributed by atoms with Crippen molar-refractivity contribution in [3.63, 3.8) is 0 Å². The lowest BCUT2D eigenvalue weighted by Crippen LogP contribution is -1.85. The Bertz CT molecular complexity index is 794. The molecule has 3 aromatic carbocycles. The lowest BCUT2D eigenvalue weighted by atomic mass is 9.95. The van der Waals surface area contributed by atoms with E-state index in [2.05, 4.69) is 62.4 Å². The monoisotopic (exact) mass is 230 g/mol. The maximum Gasteiger partial charge on any atom is -0.00235 e. The summed E-state index contributed by atoms with van der Waals surface area (Å²) < 4.78 is 0. The highest BCUT2D eigenvalue weighted by atomic mass is 14.2. The smallest absolute Gasteiger partial charge is 0.00235 e. The third-order valence-electron chi connectivity index (χ3n) is 4.20. The molecule has 0 fully saturated rings. The van der Waals surface area contributed by atoms with E-state index in [0.29, 0.717) is 0 Å². The molecule has 0 amide bonds. The first-order chi connectivity index (χ1) is 8.77. The molecule has 0 saturated heterocycles. The van der Waals surface area contributed by atoms with E-state index in [-0.39, 0.29) is 0 Å². The Kier molecular flexibility index (Phi) is 1.78. The number of fused-ring (bicyclic) bond motifs is 3. The molecule has 0 unspecified atom stereocenters. The Morgan fingerprint density at radius 1 is 0.667 bits per heavy atom. The van der Waals surface area contributed by atoms with Crippen molar-refractivity contribution in [3.05, 3.63) is 59.7 Å². The van der Waals surface area contributed by atoms with Crippen molar-refractivity contribution in [2.45, 2.75) is 13.8 Å². The molecule has 1 aliphatic carbocycles. The van der Waals surface area contributed by atoms with Gasteiger partial charge in [-0.2, -0.15) is 0 Å². The normalized spacial score (nSPS) is 11.9. The van der Waals surface area contributed by atoms with Gasteiger partial charge in [0.05, 0.1) is 0 Å². The first-order valence-electron chi connectivity index (χ1n) is 6.40. The van der Waals surface area contributed by atoms with Gasteiger partial charge in [0.25, 0.3) is 0 Å². The topological polar surface area (TPSA) is 0 Å². The highest BCUT2D eigenvalue weighted by Crippen LogP contribution is 2.48. The lowest BCUT2D eigenvalue weighted by Gasteiger charge is -2.08. The Morgan fingerprint density at radius 2 is 1.33 bits per heavy atom. The molecule has 0 saturated carbocycles. The summed E-state index contributed by atoms with van der Waals surface area (Å²) in [7, 11) is 0. The molecule has 0 radical (unpaired) electrons. The number of rotatable bonds is 0. The molecule has 0 spiro atoms. The molecule has 86 valence electrons. The second-order valence-electron chi connectivity index (χ2n) is 5.14. The quantitative estimate of drug-likeness (QED) is 0.394. The van der Waals surface area contributed by atoms with Crippen LogP contribution in [0.3, 0.4) is 0 Å². The van der Waals surface area contributed by atoms with Gasteiger partial charge in [-0.1, -0.05) is 48.5 Å². The third kappa shape index (κ3) is 1.06. The first-order valence-corrected chi connectivity index (χ1v) is 6.40. The standard InChI is InChI=1S/C18H14/c1-11-10-17-15-7-4-3-6-14(15)16-9-5-8-13(12(11)2)18(16)17/h3-10H,1-2H3. The highest BCUT2D eigenvalue weighted by Gasteiger charge is 2.21. The van der Waals surface area contributed by atoms with Crippen molar-refractivity contribution < 1.29 is 0 Å². The van der Waals surface area contributed by atoms with E-state index in [9.17, 15) is 0 Å². The first kappa shape index (κ1) is 9.90. The number of hydrogen-bond donors (Lipinski definition) is 0. The second kappa shape index (κ2) is 3.23. The van der Waals surface area contributed by atoms with Crippen LogP contribution in [0, 0.1) is 13.8 Å². The Morgan fingerprint density at radius 3 is 2.11 bits per heavy atom. The van der Waals surface area contributed by atoms with E-state index < -0.39 is 0 Å². The number of hydrogen-bond acceptors (Lipinski definition) is 0. The summed E-state index contributed by atoms with van der Waals surface area (Å²) >= 11 is 0. The van der Waals surface area contributed by atoms with Crippen molar-refractivity contribution in [1.29, 1.82) is 0 Å². The van der Waals surface area contributed by atoms with Crippen molar-refractivity contribution in [2.75, 3.05) is 0 Å². The molecule has 0 N–H and O–H groups in total. The molecule has 4 rings (SSSR count). The molecule has 18 heavy (non-hydrogen) atoms. The van der Waals surface area contributed by atoms with Crippen LogP contribution in [-0.2, 0) is 0 Å². The Labute approximate surface area is 107 Å². The van der Waals surface area contributed by atoms with Gasteiger partial charge in [0.2, 0.25) is 0 Å². The van der Waals surface area contributed by atoms with Crippen LogP contribution in [0.25, 0.3) is 33.0 Å². The summed E-state index contributed by atoms with van der Waals surface area (Å²) in [5.74, 6) is 0. The third-order valence-corrected chi connectivity index (χ3v) is 4.20. The molecule has 0 bridgehead atoms. The van der Waals surface area contributed by atoms with Gasteiger partial charge in [0, 0.05) is 0 Å². The molecule has 0 nitrogen and oxygen atoms in total. The highest BCUT2D eigenvalue weighted by molar-refractivity contribution is 6.16. The minimum Gasteiger partial charge on any atom is -0.0616 e. The molecule has 0 atom stereocenters. The van der Waals surface area contributed by atoms with Crippen LogP contribution >= 0.6 is 0 Å². The zero-order chi connectivity index (χ0) is 12.3. The average Bonchev–Trinajstić information content (AvgIpc) is 2.72. The van der Waals surface area contributed by atoms with Crippen LogP contribution in [0.4, 0.5) is 0 Å². The van der Waals surface area contributed by atoms with E-state index in [0.717, 1.165) is 0 Å². The van der Waals surface area contributed by atoms with Gasteiger partial charge in [-0.15, -0.1) is 0 Å². The minimum absolute atomic E-state index is 1.38. The van der Waals surface area contributed by atoms with Gasteiger partial charge in [-0.05, 0) is 58.0 Å². The van der Waals surface area contributed by atoms with E-state index in [4.69, 9.17) is 0 Å². The van der Waals surface area contributed by atoms with Crippen LogP contribution in [-0.4, -0.2) is 0 Å². The Balaban J connectivity index is 2.31. The number of aryl methyl sites for hydroxylation is 2. The van der Waals surface area contributed by atoms with E-state index in [1.165, 1.54) is 44.2 Å². The van der Waals surface area contributed by atoms with Gasteiger partial charge < -0.3 is 0 Å². The van der Waals surface area contributed by atoms with Crippen molar-refractivity contribution >= 4 is 10.8 Å². The summed E-state index contributed by atoms with van der Waals surface area (Å²) in [4.78, 5) is 0. The zero-order valence-corrected chi connectivity index (χ0v) is 10.6. The summed E-state index contributed by atoms with van der Waals surface area (Å²) in [6.45, 7) is 4.43. The SMILES string of the molecule is Cc1cc2c3c(cccc3c1C)-c1ccccc1-2. The molecule has 3 aromatic rings. The van der Waals surface area contributed by atoms with Gasteiger partial charge in [-0.3, -0.25) is 0 Å². The minimum atomic E-state index is 1.38. The Hall–Kier alpha value is -2.08. The average molecular weight is 230 g/mol. The van der Waals surface area contributed by atoms with Gasteiger partial charge >= 0.3 is 0 Å². The van der Waals surface area contributed by atoms with E-state index in [1.807, 2.05) is 0 Å². The predicted molar refractivity (Wildman–Crippen MR) is 77.9 cm³/mol. The van der Waals surface area contributed by atoms with Crippen molar-refractivity contribution in [2.24, 2.45) is 0 Å². The molecule has 0 heterocycles. The van der Waals surface area contributed by atoms with Crippen molar-refractivity contribution in [3.8, 4) is 22.3 Å². The summed E-state index contributed by atoms with van der Waals surface area (Å²) in [5.41, 5.74) is 8.34. The predicted octanol–water partition coefficient (Wildman–Crippen LogP) is 5.10. The second-order valence-corrected chi connectivity index (χ2v) is 5.14. The molecular weight excluding hydrogens is 216 g/mol. The van der Waals surface area contributed by atoms with E-state index >= 15 is 0 Å². The molecule has 0 heteroatoms. The van der Waals surface area contributed by atoms with Gasteiger partial charge in [-0.25, -0.2) is 0 Å². The molecule has 0 aliphatic heterocycles. The van der Waals surface area contributed by atoms with Gasteiger partial charge in [0.15, 0.2) is 0 Å². The van der Waals surface area contributed by atoms with E-state index in [1.54, 1.807) is 0 Å². The largest absolute Gasteiger partial charge is 0.0616 e. The fraction of sp³-hybridized carbons (Fsp3) is 0.111. The summed E-state index contributed by atoms with van der Waals surface area (Å²) in [5, 5.41) is 2.83. The van der Waals surface area contributed by atoms with Crippen molar-refractivity contribution in [1.82, 2.24) is 0 Å². The maximum absolute atomic E-state index is 2.34. The van der Waals surface area contributed by atoms with Gasteiger partial charge in [0.1, 0.15) is 0 Å². The summed E-state index contributed by atoms with van der Waals surface area (Å²) in [6, 6.07) is 17.7. The summed E-state index contributed by atoms with van der Waals surface area (Å²) in [6.07, 6.45) is 0. The fourth-order valence-electron chi connectivity index (χ4n) is 3.15.